The van der Waals surface area contributed by atoms with Crippen molar-refractivity contribution in [3.8, 4) is 0 Å². The van der Waals surface area contributed by atoms with Crippen LogP contribution in [0.15, 0.2) is 18.2 Å². The normalized spacial score (nSPS) is 25.4. The van der Waals surface area contributed by atoms with Gasteiger partial charge in [0.2, 0.25) is 0 Å². The third-order valence-electron chi connectivity index (χ3n) is 7.98. The molecule has 0 spiro atoms. The van der Waals surface area contributed by atoms with Gasteiger partial charge < -0.3 is 14.9 Å². The second kappa shape index (κ2) is 11.5. The summed E-state index contributed by atoms with van der Waals surface area (Å²) in [5.41, 5.74) is 3.84. The van der Waals surface area contributed by atoms with Gasteiger partial charge in [-0.05, 0) is 81.7 Å². The fourth-order valence-electron chi connectivity index (χ4n) is 5.94. The smallest absolute Gasteiger partial charge is 0.324 e. The predicted molar refractivity (Wildman–Crippen MR) is 139 cm³/mol. The van der Waals surface area contributed by atoms with Crippen molar-refractivity contribution < 1.29 is 14.7 Å². The van der Waals surface area contributed by atoms with Gasteiger partial charge in [-0.15, -0.1) is 24.8 Å². The number of amides is 2. The molecule has 1 aromatic carbocycles. The molecule has 5 rings (SSSR count). The molecule has 2 heterocycles. The third-order valence-corrected chi connectivity index (χ3v) is 7.98. The number of aliphatic carboxylic acids is 1. The minimum atomic E-state index is -0.725. The number of anilines is 1. The summed E-state index contributed by atoms with van der Waals surface area (Å²) in [4.78, 5) is 33.2. The Kier molecular flexibility index (Phi) is 9.12. The van der Waals surface area contributed by atoms with E-state index >= 15 is 0 Å². The Morgan fingerprint density at radius 2 is 1.56 bits per heavy atom. The van der Waals surface area contributed by atoms with Gasteiger partial charge in [0, 0.05) is 50.0 Å². The number of urea groups is 1. The Hall–Kier alpha value is -1.54. The number of hydrogen-bond donors (Lipinski definition) is 1. The average Bonchev–Trinajstić information content (AvgIpc) is 3.58. The van der Waals surface area contributed by atoms with Crippen molar-refractivity contribution in [2.45, 2.75) is 69.5 Å². The fraction of sp³-hybridized carbons (Fsp3) is 0.680. The molecule has 2 amide bonds. The van der Waals surface area contributed by atoms with E-state index in [2.05, 4.69) is 39.9 Å². The minimum Gasteiger partial charge on any atom is -0.480 e. The molecule has 1 saturated heterocycles. The molecule has 9 heteroatoms. The average molecular weight is 514 g/mol. The molecule has 7 nitrogen and oxygen atoms in total. The second-order valence-electron chi connectivity index (χ2n) is 10.1. The van der Waals surface area contributed by atoms with E-state index in [1.807, 2.05) is 4.90 Å². The summed E-state index contributed by atoms with van der Waals surface area (Å²) in [6, 6.07) is 7.83. The molecule has 0 aromatic heterocycles. The van der Waals surface area contributed by atoms with E-state index in [1.165, 1.54) is 11.1 Å². The van der Waals surface area contributed by atoms with Crippen LogP contribution in [0.2, 0.25) is 0 Å². The molecule has 3 fully saturated rings. The van der Waals surface area contributed by atoms with Crippen molar-refractivity contribution in [3.05, 3.63) is 29.3 Å². The van der Waals surface area contributed by atoms with Crippen LogP contribution < -0.4 is 4.90 Å². The summed E-state index contributed by atoms with van der Waals surface area (Å²) in [6.45, 7) is 3.86. The van der Waals surface area contributed by atoms with E-state index in [4.69, 9.17) is 0 Å². The number of rotatable bonds is 6. The highest BCUT2D eigenvalue weighted by atomic mass is 35.5. The zero-order valence-corrected chi connectivity index (χ0v) is 21.7. The lowest BCUT2D eigenvalue weighted by Gasteiger charge is -2.39. The van der Waals surface area contributed by atoms with E-state index < -0.39 is 5.97 Å². The molecule has 0 atom stereocenters. The Morgan fingerprint density at radius 3 is 2.18 bits per heavy atom. The topological polar surface area (TPSA) is 67.3 Å². The first kappa shape index (κ1) is 27.1. The van der Waals surface area contributed by atoms with Crippen LogP contribution in [0, 0.1) is 0 Å². The monoisotopic (exact) mass is 512 g/mol. The van der Waals surface area contributed by atoms with Crippen LogP contribution in [-0.2, 0) is 17.6 Å². The van der Waals surface area contributed by atoms with Crippen LogP contribution in [0.3, 0.4) is 0 Å². The lowest BCUT2D eigenvalue weighted by molar-refractivity contribution is -0.139. The van der Waals surface area contributed by atoms with Gasteiger partial charge in [-0.3, -0.25) is 14.6 Å². The van der Waals surface area contributed by atoms with Gasteiger partial charge in [0.15, 0.2) is 0 Å². The Bertz CT molecular complexity index is 874. The molecule has 0 bridgehead atoms. The molecule has 190 valence electrons. The number of carboxylic acid groups (broad SMARTS) is 1. The van der Waals surface area contributed by atoms with Crippen molar-refractivity contribution >= 4 is 42.5 Å². The standard InChI is InChI=1S/C25H36N4O3.2ClH/c1-26-12-10-18-2-3-23(16-19(18)11-13-26)28-15-14-27(25(28)32)20-4-6-21(7-5-20)29(17-24(30)31)22-8-9-22;;/h2-3,16,20-22H,4-15,17H2,1H3,(H,30,31);2*1H. The van der Waals surface area contributed by atoms with Crippen molar-refractivity contribution in [2.24, 2.45) is 0 Å². The lowest BCUT2D eigenvalue weighted by Crippen LogP contribution is -2.47. The molecule has 1 aromatic rings. The van der Waals surface area contributed by atoms with E-state index in [-0.39, 0.29) is 43.4 Å². The van der Waals surface area contributed by atoms with Gasteiger partial charge in [0.25, 0.3) is 0 Å². The number of fused-ring (bicyclic) bond motifs is 1. The number of halogens is 2. The Labute approximate surface area is 215 Å². The molecule has 2 aliphatic carbocycles. The Morgan fingerprint density at radius 1 is 0.941 bits per heavy atom. The molecular formula is C25H38Cl2N4O3. The minimum absolute atomic E-state index is 0. The number of carboxylic acids is 1. The molecule has 0 radical (unpaired) electrons. The fourth-order valence-corrected chi connectivity index (χ4v) is 5.94. The maximum absolute atomic E-state index is 13.3. The van der Waals surface area contributed by atoms with Crippen LogP contribution in [-0.4, -0.2) is 89.7 Å². The van der Waals surface area contributed by atoms with E-state index in [9.17, 15) is 14.7 Å². The number of nitrogens with zero attached hydrogens (tertiary/aromatic N) is 4. The molecule has 1 N–H and O–H groups in total. The largest absolute Gasteiger partial charge is 0.480 e. The maximum atomic E-state index is 13.3. The van der Waals surface area contributed by atoms with Crippen LogP contribution in [0.1, 0.15) is 49.7 Å². The summed E-state index contributed by atoms with van der Waals surface area (Å²) in [5, 5.41) is 9.29. The van der Waals surface area contributed by atoms with Gasteiger partial charge >= 0.3 is 12.0 Å². The molecule has 2 saturated carbocycles. The number of hydrogen-bond acceptors (Lipinski definition) is 4. The molecule has 34 heavy (non-hydrogen) atoms. The zero-order chi connectivity index (χ0) is 22.2. The van der Waals surface area contributed by atoms with E-state index in [0.717, 1.165) is 83.2 Å². The van der Waals surface area contributed by atoms with Crippen LogP contribution >= 0.6 is 24.8 Å². The van der Waals surface area contributed by atoms with Gasteiger partial charge in [-0.25, -0.2) is 4.79 Å². The van der Waals surface area contributed by atoms with E-state index in [1.54, 1.807) is 0 Å². The first-order valence-corrected chi connectivity index (χ1v) is 12.4. The van der Waals surface area contributed by atoms with Gasteiger partial charge in [0.1, 0.15) is 0 Å². The highest BCUT2D eigenvalue weighted by Crippen LogP contribution is 2.36. The molecule has 4 aliphatic rings. The second-order valence-corrected chi connectivity index (χ2v) is 10.1. The third kappa shape index (κ3) is 5.81. The highest BCUT2D eigenvalue weighted by Gasteiger charge is 2.40. The van der Waals surface area contributed by atoms with Crippen LogP contribution in [0.25, 0.3) is 0 Å². The zero-order valence-electron chi connectivity index (χ0n) is 20.0. The van der Waals surface area contributed by atoms with E-state index in [0.29, 0.717) is 12.1 Å². The van der Waals surface area contributed by atoms with Gasteiger partial charge in [-0.1, -0.05) is 6.07 Å². The molecular weight excluding hydrogens is 475 g/mol. The van der Waals surface area contributed by atoms with Gasteiger partial charge in [0.05, 0.1) is 6.54 Å². The summed E-state index contributed by atoms with van der Waals surface area (Å²) < 4.78 is 0. The lowest BCUT2D eigenvalue weighted by atomic mass is 9.89. The number of benzene rings is 1. The quantitative estimate of drug-likeness (QED) is 0.629. The van der Waals surface area contributed by atoms with Crippen molar-refractivity contribution in [3.63, 3.8) is 0 Å². The van der Waals surface area contributed by atoms with Gasteiger partial charge in [-0.2, -0.15) is 0 Å². The summed E-state index contributed by atoms with van der Waals surface area (Å²) in [5.74, 6) is -0.725. The SMILES string of the molecule is CN1CCc2ccc(N3CCN(C4CCC(N(CC(=O)O)C5CC5)CC4)C3=O)cc2CC1.Cl.Cl. The first-order valence-electron chi connectivity index (χ1n) is 12.4. The Balaban J connectivity index is 0.00000162. The van der Waals surface area contributed by atoms with Crippen LogP contribution in [0.4, 0.5) is 10.5 Å². The summed E-state index contributed by atoms with van der Waals surface area (Å²) >= 11 is 0. The van der Waals surface area contributed by atoms with Crippen molar-refractivity contribution in [1.82, 2.24) is 14.7 Å². The molecule has 0 unspecified atom stereocenters. The molecule has 2 aliphatic heterocycles. The summed E-state index contributed by atoms with van der Waals surface area (Å²) in [6.07, 6.45) is 8.31. The summed E-state index contributed by atoms with van der Waals surface area (Å²) in [7, 11) is 2.18. The number of carbonyl (C=O) groups excluding carboxylic acids is 1. The first-order chi connectivity index (χ1) is 15.5. The maximum Gasteiger partial charge on any atom is 0.324 e. The number of likely N-dealkylation sites (N-methyl/N-ethyl adjacent to an activating group) is 1. The number of carbonyl (C=O) groups is 2. The predicted octanol–water partition coefficient (Wildman–Crippen LogP) is 3.66. The van der Waals surface area contributed by atoms with Crippen molar-refractivity contribution in [2.75, 3.05) is 44.7 Å². The highest BCUT2D eigenvalue weighted by molar-refractivity contribution is 5.94. The van der Waals surface area contributed by atoms with Crippen LogP contribution in [0.5, 0.6) is 0 Å². The van der Waals surface area contributed by atoms with Crippen molar-refractivity contribution in [1.29, 1.82) is 0 Å².